The van der Waals surface area contributed by atoms with Crippen LogP contribution in [0.3, 0.4) is 0 Å². The fourth-order valence-corrected chi connectivity index (χ4v) is 4.34. The van der Waals surface area contributed by atoms with Crippen molar-refractivity contribution in [1.29, 1.82) is 0 Å². The van der Waals surface area contributed by atoms with E-state index in [0.29, 0.717) is 16.9 Å². The Bertz CT molecular complexity index is 1220. The molecule has 2 aromatic carbocycles. The zero-order valence-corrected chi connectivity index (χ0v) is 17.1. The van der Waals surface area contributed by atoms with Gasteiger partial charge in [0, 0.05) is 35.7 Å². The molecule has 0 aliphatic carbocycles. The number of thioether (sulfide) groups is 1. The van der Waals surface area contributed by atoms with E-state index in [-0.39, 0.29) is 5.75 Å². The second-order valence-electron chi connectivity index (χ2n) is 6.77. The molecule has 1 N–H and O–H groups in total. The van der Waals surface area contributed by atoms with Crippen LogP contribution in [0.4, 0.5) is 0 Å². The van der Waals surface area contributed by atoms with Gasteiger partial charge in [-0.1, -0.05) is 42.1 Å². The number of nitrogens with zero attached hydrogens (tertiary/aromatic N) is 3. The standard InChI is InChI=1S/C22H21N3O3S/c1-3-25-19(11-15-7-5-4-6-8-15)23-24-22(25)29-13-16-12-20(27)28-21-14(2)18(26)10-9-17(16)21/h4-10,12,26H,3,11,13H2,1-2H3. The van der Waals surface area contributed by atoms with Crippen molar-refractivity contribution in [1.82, 2.24) is 14.8 Å². The van der Waals surface area contributed by atoms with E-state index in [1.54, 1.807) is 19.1 Å². The van der Waals surface area contributed by atoms with Gasteiger partial charge in [-0.2, -0.15) is 0 Å². The van der Waals surface area contributed by atoms with E-state index in [2.05, 4.69) is 33.8 Å². The Morgan fingerprint density at radius 3 is 2.69 bits per heavy atom. The molecule has 6 nitrogen and oxygen atoms in total. The zero-order chi connectivity index (χ0) is 20.4. The third-order valence-electron chi connectivity index (χ3n) is 4.89. The summed E-state index contributed by atoms with van der Waals surface area (Å²) in [7, 11) is 0. The number of hydrogen-bond acceptors (Lipinski definition) is 6. The summed E-state index contributed by atoms with van der Waals surface area (Å²) in [6.07, 6.45) is 0.721. The van der Waals surface area contributed by atoms with Gasteiger partial charge in [0.25, 0.3) is 0 Å². The molecule has 0 fully saturated rings. The Morgan fingerprint density at radius 1 is 1.14 bits per heavy atom. The van der Waals surface area contributed by atoms with Crippen LogP contribution < -0.4 is 5.63 Å². The molecule has 0 amide bonds. The zero-order valence-electron chi connectivity index (χ0n) is 16.3. The van der Waals surface area contributed by atoms with Crippen LogP contribution in [-0.2, 0) is 18.7 Å². The summed E-state index contributed by atoms with van der Waals surface area (Å²) >= 11 is 1.54. The number of phenolic OH excluding ortho intramolecular Hbond substituents is 1. The van der Waals surface area contributed by atoms with E-state index in [0.717, 1.165) is 34.9 Å². The Morgan fingerprint density at radius 2 is 1.93 bits per heavy atom. The van der Waals surface area contributed by atoms with Crippen LogP contribution in [0, 0.1) is 6.92 Å². The summed E-state index contributed by atoms with van der Waals surface area (Å²) in [4.78, 5) is 12.0. The summed E-state index contributed by atoms with van der Waals surface area (Å²) in [6, 6.07) is 15.1. The first-order valence-corrected chi connectivity index (χ1v) is 10.4. The van der Waals surface area contributed by atoms with E-state index in [1.165, 1.54) is 23.4 Å². The molecule has 4 rings (SSSR count). The fourth-order valence-electron chi connectivity index (χ4n) is 3.33. The molecule has 2 heterocycles. The number of aromatic nitrogens is 3. The van der Waals surface area contributed by atoms with Crippen molar-refractivity contribution in [2.75, 3.05) is 0 Å². The number of benzene rings is 2. The van der Waals surface area contributed by atoms with Gasteiger partial charge in [0.15, 0.2) is 5.16 Å². The molecule has 0 bridgehead atoms. The summed E-state index contributed by atoms with van der Waals surface area (Å²) in [6.45, 7) is 4.57. The number of fused-ring (bicyclic) bond motifs is 1. The molecule has 148 valence electrons. The Labute approximate surface area is 172 Å². The Balaban J connectivity index is 1.61. The predicted octanol–water partition coefficient (Wildman–Crippen LogP) is 4.30. The minimum atomic E-state index is -0.427. The highest BCUT2D eigenvalue weighted by atomic mass is 32.2. The molecule has 0 saturated heterocycles. The van der Waals surface area contributed by atoms with Gasteiger partial charge in [0.05, 0.1) is 0 Å². The lowest BCUT2D eigenvalue weighted by Crippen LogP contribution is -2.05. The molecule has 0 saturated carbocycles. The van der Waals surface area contributed by atoms with Crippen molar-refractivity contribution in [3.63, 3.8) is 0 Å². The first kappa shape index (κ1) is 19.3. The lowest BCUT2D eigenvalue weighted by molar-refractivity contribution is 0.468. The van der Waals surface area contributed by atoms with Gasteiger partial charge >= 0.3 is 5.63 Å². The highest BCUT2D eigenvalue weighted by molar-refractivity contribution is 7.98. The first-order valence-electron chi connectivity index (χ1n) is 9.41. The molecule has 0 atom stereocenters. The van der Waals surface area contributed by atoms with Crippen LogP contribution >= 0.6 is 11.8 Å². The average molecular weight is 407 g/mol. The first-order chi connectivity index (χ1) is 14.1. The number of rotatable bonds is 6. The molecule has 0 aliphatic rings. The quantitative estimate of drug-likeness (QED) is 0.379. The van der Waals surface area contributed by atoms with E-state index < -0.39 is 5.63 Å². The molecule has 7 heteroatoms. The largest absolute Gasteiger partial charge is 0.508 e. The molecule has 4 aromatic rings. The van der Waals surface area contributed by atoms with Gasteiger partial charge in [-0.15, -0.1) is 10.2 Å². The van der Waals surface area contributed by atoms with Gasteiger partial charge in [0.1, 0.15) is 17.2 Å². The lowest BCUT2D eigenvalue weighted by atomic mass is 10.1. The maximum atomic E-state index is 12.0. The van der Waals surface area contributed by atoms with E-state index in [9.17, 15) is 9.90 Å². The molecule has 0 spiro atoms. The topological polar surface area (TPSA) is 81.2 Å². The predicted molar refractivity (Wildman–Crippen MR) is 113 cm³/mol. The third-order valence-corrected chi connectivity index (χ3v) is 5.91. The highest BCUT2D eigenvalue weighted by Crippen LogP contribution is 2.30. The highest BCUT2D eigenvalue weighted by Gasteiger charge is 2.15. The van der Waals surface area contributed by atoms with Crippen LogP contribution in [-0.4, -0.2) is 19.9 Å². The van der Waals surface area contributed by atoms with Crippen LogP contribution in [0.1, 0.15) is 29.4 Å². The minimum Gasteiger partial charge on any atom is -0.508 e. The van der Waals surface area contributed by atoms with Crippen LogP contribution in [0.2, 0.25) is 0 Å². The van der Waals surface area contributed by atoms with Crippen molar-refractivity contribution in [3.8, 4) is 5.75 Å². The summed E-state index contributed by atoms with van der Waals surface area (Å²) in [5.41, 5.74) is 2.60. The van der Waals surface area contributed by atoms with Crippen molar-refractivity contribution >= 4 is 22.7 Å². The van der Waals surface area contributed by atoms with Gasteiger partial charge in [-0.05, 0) is 37.1 Å². The normalized spacial score (nSPS) is 11.2. The Kier molecular flexibility index (Phi) is 5.40. The number of phenols is 1. The summed E-state index contributed by atoms with van der Waals surface area (Å²) < 4.78 is 7.42. The van der Waals surface area contributed by atoms with Crippen molar-refractivity contribution < 1.29 is 9.52 Å². The molecule has 2 aromatic heterocycles. The molecule has 0 radical (unpaired) electrons. The fraction of sp³-hybridized carbons (Fsp3) is 0.227. The second-order valence-corrected chi connectivity index (χ2v) is 7.71. The van der Waals surface area contributed by atoms with Crippen LogP contribution in [0.25, 0.3) is 11.0 Å². The van der Waals surface area contributed by atoms with Gasteiger partial charge in [-0.3, -0.25) is 0 Å². The summed E-state index contributed by atoms with van der Waals surface area (Å²) in [5.74, 6) is 1.58. The molecule has 0 aliphatic heterocycles. The van der Waals surface area contributed by atoms with Crippen LogP contribution in [0.5, 0.6) is 5.75 Å². The maximum absolute atomic E-state index is 12.0. The lowest BCUT2D eigenvalue weighted by Gasteiger charge is -2.09. The van der Waals surface area contributed by atoms with E-state index >= 15 is 0 Å². The summed E-state index contributed by atoms with van der Waals surface area (Å²) in [5, 5.41) is 20.3. The maximum Gasteiger partial charge on any atom is 0.336 e. The smallest absolute Gasteiger partial charge is 0.336 e. The van der Waals surface area contributed by atoms with Gasteiger partial charge < -0.3 is 14.1 Å². The Hall–Kier alpha value is -3.06. The van der Waals surface area contributed by atoms with Gasteiger partial charge in [0.2, 0.25) is 0 Å². The molecular formula is C22H21N3O3S. The number of aryl methyl sites for hydroxylation is 1. The monoisotopic (exact) mass is 407 g/mol. The van der Waals surface area contributed by atoms with Crippen LogP contribution in [0.15, 0.2) is 62.9 Å². The van der Waals surface area contributed by atoms with E-state index in [4.69, 9.17) is 4.42 Å². The third kappa shape index (κ3) is 3.91. The van der Waals surface area contributed by atoms with E-state index in [1.807, 2.05) is 18.2 Å². The van der Waals surface area contributed by atoms with Crippen molar-refractivity contribution in [3.05, 3.63) is 81.5 Å². The average Bonchev–Trinajstić information content (AvgIpc) is 3.11. The molecular weight excluding hydrogens is 386 g/mol. The van der Waals surface area contributed by atoms with Gasteiger partial charge in [-0.25, -0.2) is 4.79 Å². The number of aromatic hydroxyl groups is 1. The van der Waals surface area contributed by atoms with Crippen molar-refractivity contribution in [2.45, 2.75) is 37.7 Å². The minimum absolute atomic E-state index is 0.113. The second kappa shape index (κ2) is 8.13. The molecule has 0 unspecified atom stereocenters. The SMILES string of the molecule is CCn1c(Cc2ccccc2)nnc1SCc1cc(=O)oc2c(C)c(O)ccc12. The molecule has 29 heavy (non-hydrogen) atoms. The number of hydrogen-bond donors (Lipinski definition) is 1. The van der Waals surface area contributed by atoms with Crippen molar-refractivity contribution in [2.24, 2.45) is 0 Å².